The summed E-state index contributed by atoms with van der Waals surface area (Å²) in [6.45, 7) is 8.98. The van der Waals surface area contributed by atoms with Gasteiger partial charge in [-0.1, -0.05) is 43.8 Å². The van der Waals surface area contributed by atoms with Crippen LogP contribution in [0.1, 0.15) is 11.3 Å². The monoisotopic (exact) mass is 241 g/mol. The average molecular weight is 241 g/mol. The highest BCUT2D eigenvalue weighted by atomic mass is 28.3. The molecule has 0 aliphatic heterocycles. The number of benzene rings is 1. The number of hydrogen-bond acceptors (Lipinski definition) is 0. The van der Waals surface area contributed by atoms with Gasteiger partial charge in [0.2, 0.25) is 0 Å². The van der Waals surface area contributed by atoms with Gasteiger partial charge in [-0.3, -0.25) is 0 Å². The molecule has 0 aliphatic carbocycles. The standard InChI is InChI=1S/C15H19NSi/c1-12-13(10-11-17(3,4)5)14-8-6-7-9-15(14)16(12)2/h6-9H,1-5H3. The third-order valence-electron chi connectivity index (χ3n) is 2.96. The van der Waals surface area contributed by atoms with E-state index in [0.717, 1.165) is 0 Å². The Hall–Kier alpha value is -1.46. The quantitative estimate of drug-likeness (QED) is 0.489. The van der Waals surface area contributed by atoms with E-state index in [2.05, 4.69) is 73.9 Å². The molecule has 1 aromatic carbocycles. The van der Waals surface area contributed by atoms with E-state index in [1.54, 1.807) is 0 Å². The van der Waals surface area contributed by atoms with Crippen LogP contribution in [0, 0.1) is 18.4 Å². The van der Waals surface area contributed by atoms with E-state index in [4.69, 9.17) is 0 Å². The van der Waals surface area contributed by atoms with Crippen molar-refractivity contribution in [3.8, 4) is 11.5 Å². The number of rotatable bonds is 0. The molecule has 0 unspecified atom stereocenters. The van der Waals surface area contributed by atoms with Crippen molar-refractivity contribution < 1.29 is 0 Å². The molecule has 1 aromatic heterocycles. The fourth-order valence-electron chi connectivity index (χ4n) is 1.93. The van der Waals surface area contributed by atoms with Crippen molar-refractivity contribution in [2.45, 2.75) is 26.6 Å². The highest BCUT2D eigenvalue weighted by molar-refractivity contribution is 6.83. The fourth-order valence-corrected chi connectivity index (χ4v) is 2.43. The van der Waals surface area contributed by atoms with Crippen LogP contribution < -0.4 is 0 Å². The summed E-state index contributed by atoms with van der Waals surface area (Å²) in [5, 5.41) is 1.28. The SMILES string of the molecule is Cc1c(C#C[Si](C)(C)C)c2ccccc2n1C. The van der Waals surface area contributed by atoms with E-state index in [1.165, 1.54) is 22.2 Å². The molecule has 0 radical (unpaired) electrons. The first-order chi connectivity index (χ1) is 7.90. The molecule has 0 saturated carbocycles. The van der Waals surface area contributed by atoms with E-state index in [9.17, 15) is 0 Å². The molecular weight excluding hydrogens is 222 g/mol. The molecule has 0 saturated heterocycles. The number of hydrogen-bond donors (Lipinski definition) is 0. The Balaban J connectivity index is 2.69. The molecule has 2 heteroatoms. The minimum Gasteiger partial charge on any atom is -0.347 e. The highest BCUT2D eigenvalue weighted by Crippen LogP contribution is 2.23. The minimum absolute atomic E-state index is 1.20. The third kappa shape index (κ3) is 2.30. The van der Waals surface area contributed by atoms with Crippen molar-refractivity contribution in [1.29, 1.82) is 0 Å². The van der Waals surface area contributed by atoms with Gasteiger partial charge >= 0.3 is 0 Å². The summed E-state index contributed by atoms with van der Waals surface area (Å²) in [7, 11) is 0.797. The molecule has 2 rings (SSSR count). The Bertz CT molecular complexity index is 618. The lowest BCUT2D eigenvalue weighted by atomic mass is 10.1. The van der Waals surface area contributed by atoms with Crippen LogP contribution in [0.15, 0.2) is 24.3 Å². The second-order valence-corrected chi connectivity index (χ2v) is 10.3. The summed E-state index contributed by atoms with van der Waals surface area (Å²) in [6.07, 6.45) is 0. The maximum absolute atomic E-state index is 3.46. The van der Waals surface area contributed by atoms with Crippen LogP contribution in [0.3, 0.4) is 0 Å². The van der Waals surface area contributed by atoms with Crippen molar-refractivity contribution in [3.63, 3.8) is 0 Å². The van der Waals surface area contributed by atoms with Crippen LogP contribution in [-0.2, 0) is 7.05 Å². The van der Waals surface area contributed by atoms with Gasteiger partial charge in [-0.2, -0.15) is 0 Å². The molecule has 2 aromatic rings. The summed E-state index contributed by atoms with van der Waals surface area (Å²) in [5.74, 6) is 3.41. The highest BCUT2D eigenvalue weighted by Gasteiger charge is 2.11. The zero-order valence-corrected chi connectivity index (χ0v) is 12.3. The summed E-state index contributed by atoms with van der Waals surface area (Å²) in [5.41, 5.74) is 7.19. The van der Waals surface area contributed by atoms with E-state index < -0.39 is 8.07 Å². The molecule has 0 fully saturated rings. The van der Waals surface area contributed by atoms with Crippen LogP contribution in [0.5, 0.6) is 0 Å². The molecule has 0 spiro atoms. The Morgan fingerprint density at radius 3 is 2.41 bits per heavy atom. The zero-order valence-electron chi connectivity index (χ0n) is 11.3. The lowest BCUT2D eigenvalue weighted by molar-refractivity contribution is 0.915. The van der Waals surface area contributed by atoms with Crippen molar-refractivity contribution in [3.05, 3.63) is 35.5 Å². The Morgan fingerprint density at radius 2 is 1.76 bits per heavy atom. The topological polar surface area (TPSA) is 4.93 Å². The molecule has 0 aliphatic rings. The van der Waals surface area contributed by atoms with Gasteiger partial charge in [0.25, 0.3) is 0 Å². The van der Waals surface area contributed by atoms with Gasteiger partial charge in [0.1, 0.15) is 8.07 Å². The van der Waals surface area contributed by atoms with Crippen LogP contribution in [0.4, 0.5) is 0 Å². The number of nitrogens with zero attached hydrogens (tertiary/aromatic N) is 1. The fraction of sp³-hybridized carbons (Fsp3) is 0.333. The van der Waals surface area contributed by atoms with Crippen molar-refractivity contribution in [2.24, 2.45) is 7.05 Å². The summed E-state index contributed by atoms with van der Waals surface area (Å²) >= 11 is 0. The number of fused-ring (bicyclic) bond motifs is 1. The second kappa shape index (κ2) is 4.08. The van der Waals surface area contributed by atoms with Crippen LogP contribution in [-0.4, -0.2) is 12.6 Å². The number of para-hydroxylation sites is 1. The van der Waals surface area contributed by atoms with Gasteiger partial charge in [-0.15, -0.1) is 5.54 Å². The Morgan fingerprint density at radius 1 is 1.12 bits per heavy atom. The van der Waals surface area contributed by atoms with Gasteiger partial charge in [0, 0.05) is 23.6 Å². The smallest absolute Gasteiger partial charge is 0.129 e. The van der Waals surface area contributed by atoms with E-state index >= 15 is 0 Å². The van der Waals surface area contributed by atoms with E-state index in [1.807, 2.05) is 0 Å². The lowest BCUT2D eigenvalue weighted by Gasteiger charge is -2.03. The van der Waals surface area contributed by atoms with Crippen LogP contribution in [0.25, 0.3) is 10.9 Å². The number of aromatic nitrogens is 1. The largest absolute Gasteiger partial charge is 0.347 e. The summed E-state index contributed by atoms with van der Waals surface area (Å²) < 4.78 is 2.23. The first-order valence-corrected chi connectivity index (χ1v) is 9.47. The van der Waals surface area contributed by atoms with Gasteiger partial charge in [0.15, 0.2) is 0 Å². The van der Waals surface area contributed by atoms with Crippen molar-refractivity contribution in [2.75, 3.05) is 0 Å². The summed E-state index contributed by atoms with van der Waals surface area (Å²) in [6, 6.07) is 8.48. The van der Waals surface area contributed by atoms with E-state index in [0.29, 0.717) is 0 Å². The number of aryl methyl sites for hydroxylation is 1. The van der Waals surface area contributed by atoms with E-state index in [-0.39, 0.29) is 0 Å². The van der Waals surface area contributed by atoms with Gasteiger partial charge < -0.3 is 4.57 Å². The molecule has 17 heavy (non-hydrogen) atoms. The van der Waals surface area contributed by atoms with Gasteiger partial charge in [-0.05, 0) is 13.0 Å². The summed E-state index contributed by atoms with van der Waals surface area (Å²) in [4.78, 5) is 0. The predicted octanol–water partition coefficient (Wildman–Crippen LogP) is 3.72. The molecule has 0 bridgehead atoms. The van der Waals surface area contributed by atoms with Crippen molar-refractivity contribution >= 4 is 19.0 Å². The maximum atomic E-state index is 3.46. The second-order valence-electron chi connectivity index (χ2n) is 5.54. The Labute approximate surface area is 104 Å². The van der Waals surface area contributed by atoms with Crippen LogP contribution >= 0.6 is 0 Å². The molecular formula is C15H19NSi. The molecule has 1 heterocycles. The van der Waals surface area contributed by atoms with Crippen LogP contribution in [0.2, 0.25) is 19.6 Å². The molecule has 0 N–H and O–H groups in total. The third-order valence-corrected chi connectivity index (χ3v) is 3.84. The van der Waals surface area contributed by atoms with Gasteiger partial charge in [0.05, 0.1) is 5.56 Å². The maximum Gasteiger partial charge on any atom is 0.129 e. The Kier molecular flexibility index (Phi) is 2.88. The van der Waals surface area contributed by atoms with Crippen molar-refractivity contribution in [1.82, 2.24) is 4.57 Å². The molecule has 1 nitrogen and oxygen atoms in total. The zero-order chi connectivity index (χ0) is 12.6. The van der Waals surface area contributed by atoms with Gasteiger partial charge in [-0.25, -0.2) is 0 Å². The predicted molar refractivity (Wildman–Crippen MR) is 77.9 cm³/mol. The molecule has 0 atom stereocenters. The first-order valence-electron chi connectivity index (χ1n) is 5.97. The normalized spacial score (nSPS) is 11.4. The molecule has 0 amide bonds. The minimum atomic E-state index is -1.31. The average Bonchev–Trinajstić information content (AvgIpc) is 2.49. The lowest BCUT2D eigenvalue weighted by Crippen LogP contribution is -2.16. The first kappa shape index (κ1) is 12.0. The molecule has 88 valence electrons.